The highest BCUT2D eigenvalue weighted by atomic mass is 16.7. The standard InChI is InChI=1S/C22H27NO6/c1-21(2,3)28-19(24)26-17-11-7-15(8-12-17)23-16-9-13-18(14-10-16)27-20(25)29-22(4,5)6/h7-14,23H,1-6H3. The van der Waals surface area contributed by atoms with Crippen molar-refractivity contribution in [2.45, 2.75) is 52.7 Å². The van der Waals surface area contributed by atoms with Crippen molar-refractivity contribution in [2.75, 3.05) is 5.32 Å². The van der Waals surface area contributed by atoms with Gasteiger partial charge in [0.15, 0.2) is 0 Å². The van der Waals surface area contributed by atoms with Crippen LogP contribution in [0.15, 0.2) is 48.5 Å². The molecule has 7 heteroatoms. The number of ether oxygens (including phenoxy) is 4. The Kier molecular flexibility index (Phi) is 6.74. The Morgan fingerprint density at radius 3 is 1.21 bits per heavy atom. The molecule has 0 fully saturated rings. The van der Waals surface area contributed by atoms with E-state index in [4.69, 9.17) is 18.9 Å². The van der Waals surface area contributed by atoms with Crippen LogP contribution in [-0.2, 0) is 9.47 Å². The molecule has 2 aromatic carbocycles. The van der Waals surface area contributed by atoms with Crippen molar-refractivity contribution in [1.82, 2.24) is 0 Å². The number of benzene rings is 2. The van der Waals surface area contributed by atoms with E-state index in [2.05, 4.69) is 5.32 Å². The summed E-state index contributed by atoms with van der Waals surface area (Å²) in [7, 11) is 0. The molecular weight excluding hydrogens is 374 g/mol. The van der Waals surface area contributed by atoms with Gasteiger partial charge < -0.3 is 24.3 Å². The van der Waals surface area contributed by atoms with Crippen molar-refractivity contribution in [3.8, 4) is 11.5 Å². The summed E-state index contributed by atoms with van der Waals surface area (Å²) in [4.78, 5) is 23.4. The predicted molar refractivity (Wildman–Crippen MR) is 110 cm³/mol. The summed E-state index contributed by atoms with van der Waals surface area (Å²) in [6.45, 7) is 10.6. The Morgan fingerprint density at radius 1 is 0.621 bits per heavy atom. The molecule has 0 aromatic heterocycles. The summed E-state index contributed by atoms with van der Waals surface area (Å²) >= 11 is 0. The molecule has 0 aliphatic rings. The van der Waals surface area contributed by atoms with E-state index < -0.39 is 23.5 Å². The minimum absolute atomic E-state index is 0.380. The van der Waals surface area contributed by atoms with Gasteiger partial charge in [0, 0.05) is 11.4 Å². The fourth-order valence-corrected chi connectivity index (χ4v) is 2.11. The third-order valence-electron chi connectivity index (χ3n) is 3.18. The Labute approximate surface area is 170 Å². The molecule has 0 bridgehead atoms. The highest BCUT2D eigenvalue weighted by Crippen LogP contribution is 2.23. The zero-order valence-electron chi connectivity index (χ0n) is 17.6. The van der Waals surface area contributed by atoms with E-state index in [0.717, 1.165) is 11.4 Å². The van der Waals surface area contributed by atoms with Gasteiger partial charge in [0.1, 0.15) is 22.7 Å². The van der Waals surface area contributed by atoms with E-state index in [-0.39, 0.29) is 0 Å². The number of rotatable bonds is 4. The van der Waals surface area contributed by atoms with Crippen molar-refractivity contribution in [3.05, 3.63) is 48.5 Å². The van der Waals surface area contributed by atoms with Crippen molar-refractivity contribution in [3.63, 3.8) is 0 Å². The van der Waals surface area contributed by atoms with Gasteiger partial charge in [-0.2, -0.15) is 0 Å². The highest BCUT2D eigenvalue weighted by molar-refractivity contribution is 5.67. The maximum absolute atomic E-state index is 11.7. The lowest BCUT2D eigenvalue weighted by atomic mass is 10.2. The molecule has 0 saturated carbocycles. The van der Waals surface area contributed by atoms with E-state index in [1.54, 1.807) is 90.1 Å². The molecule has 7 nitrogen and oxygen atoms in total. The molecule has 0 atom stereocenters. The van der Waals surface area contributed by atoms with E-state index in [1.807, 2.05) is 0 Å². The average molecular weight is 401 g/mol. The van der Waals surface area contributed by atoms with Crippen molar-refractivity contribution in [1.29, 1.82) is 0 Å². The van der Waals surface area contributed by atoms with Gasteiger partial charge >= 0.3 is 12.3 Å². The number of carbonyl (C=O) groups excluding carboxylic acids is 2. The van der Waals surface area contributed by atoms with Gasteiger partial charge in [-0.1, -0.05) is 0 Å². The van der Waals surface area contributed by atoms with Gasteiger partial charge in [-0.25, -0.2) is 9.59 Å². The molecule has 0 spiro atoms. The Balaban J connectivity index is 1.90. The molecule has 156 valence electrons. The first kappa shape index (κ1) is 22.1. The number of carbonyl (C=O) groups is 2. The minimum Gasteiger partial charge on any atom is -0.428 e. The van der Waals surface area contributed by atoms with Gasteiger partial charge in [0.25, 0.3) is 0 Å². The molecular formula is C22H27NO6. The van der Waals surface area contributed by atoms with Crippen LogP contribution >= 0.6 is 0 Å². The van der Waals surface area contributed by atoms with Gasteiger partial charge in [0.2, 0.25) is 0 Å². The second kappa shape index (κ2) is 8.86. The first-order valence-corrected chi connectivity index (χ1v) is 9.18. The second-order valence-corrected chi connectivity index (χ2v) is 8.31. The van der Waals surface area contributed by atoms with Gasteiger partial charge in [-0.15, -0.1) is 0 Å². The summed E-state index contributed by atoms with van der Waals surface area (Å²) in [5.74, 6) is 0.761. The SMILES string of the molecule is CC(C)(C)OC(=O)Oc1ccc(Nc2ccc(OC(=O)OC(C)(C)C)cc2)cc1. The van der Waals surface area contributed by atoms with Crippen molar-refractivity contribution in [2.24, 2.45) is 0 Å². The molecule has 1 N–H and O–H groups in total. The smallest absolute Gasteiger partial charge is 0.428 e. The monoisotopic (exact) mass is 401 g/mol. The van der Waals surface area contributed by atoms with Crippen LogP contribution in [0.25, 0.3) is 0 Å². The quantitative estimate of drug-likeness (QED) is 0.492. The molecule has 0 heterocycles. The molecule has 0 radical (unpaired) electrons. The van der Waals surface area contributed by atoms with Crippen molar-refractivity contribution >= 4 is 23.7 Å². The van der Waals surface area contributed by atoms with Gasteiger partial charge in [-0.05, 0) is 90.1 Å². The van der Waals surface area contributed by atoms with E-state index in [0.29, 0.717) is 11.5 Å². The molecule has 0 unspecified atom stereocenters. The predicted octanol–water partition coefficient (Wildman–Crippen LogP) is 6.06. The van der Waals surface area contributed by atoms with Crippen LogP contribution in [0, 0.1) is 0 Å². The topological polar surface area (TPSA) is 83.1 Å². The largest absolute Gasteiger partial charge is 0.514 e. The minimum atomic E-state index is -0.751. The Bertz CT molecular complexity index is 758. The lowest BCUT2D eigenvalue weighted by molar-refractivity contribution is 0.0193. The van der Waals surface area contributed by atoms with Crippen LogP contribution in [-0.4, -0.2) is 23.5 Å². The molecule has 2 rings (SSSR count). The Morgan fingerprint density at radius 2 is 0.931 bits per heavy atom. The van der Waals surface area contributed by atoms with Crippen LogP contribution < -0.4 is 14.8 Å². The van der Waals surface area contributed by atoms with Gasteiger partial charge in [0.05, 0.1) is 0 Å². The summed E-state index contributed by atoms with van der Waals surface area (Å²) < 4.78 is 20.5. The summed E-state index contributed by atoms with van der Waals surface area (Å²) in [5, 5.41) is 3.20. The van der Waals surface area contributed by atoms with E-state index in [9.17, 15) is 9.59 Å². The van der Waals surface area contributed by atoms with Crippen LogP contribution in [0.1, 0.15) is 41.5 Å². The van der Waals surface area contributed by atoms with Gasteiger partial charge in [-0.3, -0.25) is 0 Å². The third-order valence-corrected chi connectivity index (χ3v) is 3.18. The average Bonchev–Trinajstić information content (AvgIpc) is 2.55. The Hall–Kier alpha value is -3.22. The summed E-state index contributed by atoms with van der Waals surface area (Å²) in [6.07, 6.45) is -1.50. The maximum Gasteiger partial charge on any atom is 0.514 e. The zero-order valence-corrected chi connectivity index (χ0v) is 17.6. The van der Waals surface area contributed by atoms with E-state index >= 15 is 0 Å². The maximum atomic E-state index is 11.7. The first-order valence-electron chi connectivity index (χ1n) is 9.18. The molecule has 0 aliphatic heterocycles. The fourth-order valence-electron chi connectivity index (χ4n) is 2.11. The van der Waals surface area contributed by atoms with Crippen LogP contribution in [0.2, 0.25) is 0 Å². The molecule has 0 aliphatic carbocycles. The lowest BCUT2D eigenvalue weighted by Crippen LogP contribution is -2.25. The second-order valence-electron chi connectivity index (χ2n) is 8.31. The molecule has 0 saturated heterocycles. The number of hydrogen-bond donors (Lipinski definition) is 1. The summed E-state index contributed by atoms with van der Waals surface area (Å²) in [5.41, 5.74) is 0.361. The fraction of sp³-hybridized carbons (Fsp3) is 0.364. The molecule has 29 heavy (non-hydrogen) atoms. The lowest BCUT2D eigenvalue weighted by Gasteiger charge is -2.18. The van der Waals surface area contributed by atoms with Crippen molar-refractivity contribution < 1.29 is 28.5 Å². The first-order chi connectivity index (χ1) is 13.4. The number of nitrogens with one attached hydrogen (secondary N) is 1. The number of hydrogen-bond acceptors (Lipinski definition) is 7. The van der Waals surface area contributed by atoms with E-state index in [1.165, 1.54) is 0 Å². The van der Waals surface area contributed by atoms with Crippen LogP contribution in [0.4, 0.5) is 21.0 Å². The third kappa shape index (κ3) is 8.55. The number of anilines is 2. The van der Waals surface area contributed by atoms with Crippen LogP contribution in [0.5, 0.6) is 11.5 Å². The highest BCUT2D eigenvalue weighted by Gasteiger charge is 2.19. The van der Waals surface area contributed by atoms with Crippen LogP contribution in [0.3, 0.4) is 0 Å². The molecule has 0 amide bonds. The normalized spacial score (nSPS) is 11.4. The summed E-state index contributed by atoms with van der Waals surface area (Å²) in [6, 6.07) is 13.7. The molecule has 2 aromatic rings. The zero-order chi connectivity index (χ0) is 21.7.